The average molecular weight is 290 g/mol. The molecule has 2 rings (SSSR count). The fraction of sp³-hybridized carbons (Fsp3) is 0.667. The summed E-state index contributed by atoms with van der Waals surface area (Å²) in [6, 6.07) is 0. The SMILES string of the molecule is CCC1CCCN(C(=O)c2csc(CN)n2)C1.Cl. The van der Waals surface area contributed by atoms with E-state index in [1.54, 1.807) is 0 Å². The third-order valence-electron chi connectivity index (χ3n) is 3.33. The molecule has 1 saturated heterocycles. The minimum Gasteiger partial charge on any atom is -0.337 e. The van der Waals surface area contributed by atoms with E-state index in [0.29, 0.717) is 18.2 Å². The number of halogens is 1. The molecule has 1 aliphatic heterocycles. The first-order valence-electron chi connectivity index (χ1n) is 6.18. The van der Waals surface area contributed by atoms with Crippen LogP contribution in [0, 0.1) is 5.92 Å². The summed E-state index contributed by atoms with van der Waals surface area (Å²) in [6.07, 6.45) is 3.50. The van der Waals surface area contributed by atoms with Gasteiger partial charge in [0.05, 0.1) is 0 Å². The molecule has 0 bridgehead atoms. The molecule has 1 aromatic rings. The van der Waals surface area contributed by atoms with Gasteiger partial charge in [0, 0.05) is 25.0 Å². The molecule has 2 heterocycles. The van der Waals surface area contributed by atoms with Crippen molar-refractivity contribution in [2.24, 2.45) is 11.7 Å². The van der Waals surface area contributed by atoms with E-state index in [1.807, 2.05) is 10.3 Å². The van der Waals surface area contributed by atoms with Crippen LogP contribution in [-0.4, -0.2) is 28.9 Å². The molecule has 1 amide bonds. The smallest absolute Gasteiger partial charge is 0.273 e. The minimum absolute atomic E-state index is 0. The third kappa shape index (κ3) is 3.43. The van der Waals surface area contributed by atoms with Crippen molar-refractivity contribution >= 4 is 29.7 Å². The number of rotatable bonds is 3. The number of piperidine rings is 1. The monoisotopic (exact) mass is 289 g/mol. The maximum atomic E-state index is 12.2. The molecule has 0 spiro atoms. The fourth-order valence-electron chi connectivity index (χ4n) is 2.25. The summed E-state index contributed by atoms with van der Waals surface area (Å²) in [5.74, 6) is 0.722. The fourth-order valence-corrected chi connectivity index (χ4v) is 2.90. The van der Waals surface area contributed by atoms with Crippen LogP contribution >= 0.6 is 23.7 Å². The first-order valence-corrected chi connectivity index (χ1v) is 7.06. The summed E-state index contributed by atoms with van der Waals surface area (Å²) in [4.78, 5) is 18.4. The summed E-state index contributed by atoms with van der Waals surface area (Å²) in [6.45, 7) is 4.35. The van der Waals surface area contributed by atoms with Crippen LogP contribution in [0.4, 0.5) is 0 Å². The Hall–Kier alpha value is -0.650. The van der Waals surface area contributed by atoms with E-state index in [9.17, 15) is 4.79 Å². The molecule has 0 saturated carbocycles. The van der Waals surface area contributed by atoms with E-state index in [1.165, 1.54) is 17.8 Å². The highest BCUT2D eigenvalue weighted by Gasteiger charge is 2.24. The van der Waals surface area contributed by atoms with E-state index in [2.05, 4.69) is 11.9 Å². The normalized spacial score (nSPS) is 19.4. The standard InChI is InChI=1S/C12H19N3OS.ClH/c1-2-9-4-3-5-15(7-9)12(16)10-8-17-11(6-13)14-10;/h8-9H,2-7,13H2,1H3;1H. The Bertz CT molecular complexity index is 396. The zero-order chi connectivity index (χ0) is 12.3. The molecular formula is C12H20ClN3OS. The molecule has 0 radical (unpaired) electrons. The van der Waals surface area contributed by atoms with Crippen molar-refractivity contribution in [1.29, 1.82) is 0 Å². The van der Waals surface area contributed by atoms with Gasteiger partial charge in [0.25, 0.3) is 5.91 Å². The molecule has 2 N–H and O–H groups in total. The van der Waals surface area contributed by atoms with Crippen molar-refractivity contribution in [2.45, 2.75) is 32.7 Å². The highest BCUT2D eigenvalue weighted by molar-refractivity contribution is 7.09. The Balaban J connectivity index is 0.00000162. The molecule has 1 unspecified atom stereocenters. The topological polar surface area (TPSA) is 59.2 Å². The summed E-state index contributed by atoms with van der Waals surface area (Å²) < 4.78 is 0. The molecule has 102 valence electrons. The summed E-state index contributed by atoms with van der Waals surface area (Å²) in [5, 5.41) is 2.65. The Labute approximate surface area is 118 Å². The molecule has 6 heteroatoms. The highest BCUT2D eigenvalue weighted by atomic mass is 35.5. The lowest BCUT2D eigenvalue weighted by Gasteiger charge is -2.31. The molecule has 1 fully saturated rings. The van der Waals surface area contributed by atoms with Gasteiger partial charge in [-0.15, -0.1) is 23.7 Å². The van der Waals surface area contributed by atoms with E-state index in [0.717, 1.165) is 30.9 Å². The van der Waals surface area contributed by atoms with E-state index in [4.69, 9.17) is 5.73 Å². The van der Waals surface area contributed by atoms with Gasteiger partial charge in [0.1, 0.15) is 10.7 Å². The van der Waals surface area contributed by atoms with Gasteiger partial charge in [-0.3, -0.25) is 4.79 Å². The molecule has 1 aromatic heterocycles. The molecule has 0 aromatic carbocycles. The quantitative estimate of drug-likeness (QED) is 0.929. The number of thiazole rings is 1. The number of carbonyl (C=O) groups is 1. The van der Waals surface area contributed by atoms with Gasteiger partial charge in [0.15, 0.2) is 0 Å². The number of nitrogens with two attached hydrogens (primary N) is 1. The summed E-state index contributed by atoms with van der Waals surface area (Å²) >= 11 is 1.46. The second-order valence-corrected chi connectivity index (χ2v) is 5.44. The van der Waals surface area contributed by atoms with Crippen LogP contribution in [0.5, 0.6) is 0 Å². The van der Waals surface area contributed by atoms with Gasteiger partial charge in [-0.1, -0.05) is 13.3 Å². The van der Waals surface area contributed by atoms with Crippen LogP contribution in [0.25, 0.3) is 0 Å². The van der Waals surface area contributed by atoms with Crippen LogP contribution in [0.1, 0.15) is 41.7 Å². The van der Waals surface area contributed by atoms with Crippen molar-refractivity contribution in [3.63, 3.8) is 0 Å². The van der Waals surface area contributed by atoms with Gasteiger partial charge >= 0.3 is 0 Å². The first kappa shape index (κ1) is 15.4. The molecule has 1 atom stereocenters. The number of hydrogen-bond acceptors (Lipinski definition) is 4. The Kier molecular flexibility index (Phi) is 6.05. The van der Waals surface area contributed by atoms with Crippen LogP contribution in [0.2, 0.25) is 0 Å². The molecular weight excluding hydrogens is 270 g/mol. The van der Waals surface area contributed by atoms with Crippen LogP contribution in [0.15, 0.2) is 5.38 Å². The first-order chi connectivity index (χ1) is 8.24. The third-order valence-corrected chi connectivity index (χ3v) is 4.20. The average Bonchev–Trinajstić information content (AvgIpc) is 2.86. The van der Waals surface area contributed by atoms with Crippen molar-refractivity contribution < 1.29 is 4.79 Å². The van der Waals surface area contributed by atoms with E-state index in [-0.39, 0.29) is 18.3 Å². The lowest BCUT2D eigenvalue weighted by molar-refractivity contribution is 0.0666. The maximum absolute atomic E-state index is 12.2. The zero-order valence-corrected chi connectivity index (χ0v) is 12.2. The van der Waals surface area contributed by atoms with Crippen LogP contribution in [-0.2, 0) is 6.54 Å². The highest BCUT2D eigenvalue weighted by Crippen LogP contribution is 2.21. The van der Waals surface area contributed by atoms with E-state index >= 15 is 0 Å². The predicted molar refractivity (Wildman–Crippen MR) is 76.2 cm³/mol. The predicted octanol–water partition coefficient (Wildman–Crippen LogP) is 2.29. The van der Waals surface area contributed by atoms with Gasteiger partial charge in [-0.2, -0.15) is 0 Å². The lowest BCUT2D eigenvalue weighted by atomic mass is 9.95. The van der Waals surface area contributed by atoms with Gasteiger partial charge < -0.3 is 10.6 Å². The summed E-state index contributed by atoms with van der Waals surface area (Å²) in [5.41, 5.74) is 6.07. The Morgan fingerprint density at radius 1 is 1.67 bits per heavy atom. The van der Waals surface area contributed by atoms with Crippen molar-refractivity contribution in [1.82, 2.24) is 9.88 Å². The Morgan fingerprint density at radius 2 is 2.44 bits per heavy atom. The van der Waals surface area contributed by atoms with E-state index < -0.39 is 0 Å². The largest absolute Gasteiger partial charge is 0.337 e. The Morgan fingerprint density at radius 3 is 3.06 bits per heavy atom. The number of likely N-dealkylation sites (tertiary alicyclic amines) is 1. The minimum atomic E-state index is 0. The maximum Gasteiger partial charge on any atom is 0.273 e. The zero-order valence-electron chi connectivity index (χ0n) is 10.6. The second-order valence-electron chi connectivity index (χ2n) is 4.50. The van der Waals surface area contributed by atoms with Crippen molar-refractivity contribution in [3.05, 3.63) is 16.1 Å². The van der Waals surface area contributed by atoms with Gasteiger partial charge in [0.2, 0.25) is 0 Å². The van der Waals surface area contributed by atoms with Gasteiger partial charge in [-0.05, 0) is 18.8 Å². The number of carbonyl (C=O) groups excluding carboxylic acids is 1. The molecule has 1 aliphatic rings. The summed E-state index contributed by atoms with van der Waals surface area (Å²) in [7, 11) is 0. The molecule has 0 aliphatic carbocycles. The number of hydrogen-bond donors (Lipinski definition) is 1. The van der Waals surface area contributed by atoms with Crippen molar-refractivity contribution in [3.8, 4) is 0 Å². The van der Waals surface area contributed by atoms with Crippen molar-refractivity contribution in [2.75, 3.05) is 13.1 Å². The molecule has 18 heavy (non-hydrogen) atoms. The number of aromatic nitrogens is 1. The van der Waals surface area contributed by atoms with Crippen LogP contribution in [0.3, 0.4) is 0 Å². The van der Waals surface area contributed by atoms with Crippen LogP contribution < -0.4 is 5.73 Å². The number of nitrogens with zero attached hydrogens (tertiary/aromatic N) is 2. The number of amides is 1. The molecule has 4 nitrogen and oxygen atoms in total. The lowest BCUT2D eigenvalue weighted by Crippen LogP contribution is -2.39. The van der Waals surface area contributed by atoms with Gasteiger partial charge in [-0.25, -0.2) is 4.98 Å². The second kappa shape index (κ2) is 7.07.